The summed E-state index contributed by atoms with van der Waals surface area (Å²) in [5.74, 6) is -0.0870. The normalized spacial score (nSPS) is 20.6. The Morgan fingerprint density at radius 1 is 1.67 bits per heavy atom. The van der Waals surface area contributed by atoms with E-state index >= 15 is 0 Å². The second-order valence-electron chi connectivity index (χ2n) is 4.16. The Hall–Kier alpha value is -1.18. The van der Waals surface area contributed by atoms with Crippen LogP contribution in [0.2, 0.25) is 0 Å². The number of hydrogen-bond acceptors (Lipinski definition) is 6. The predicted molar refractivity (Wildman–Crippen MR) is 69.1 cm³/mol. The van der Waals surface area contributed by atoms with E-state index in [4.69, 9.17) is 4.74 Å². The van der Waals surface area contributed by atoms with Crippen molar-refractivity contribution in [1.29, 1.82) is 0 Å². The minimum atomic E-state index is -0.617. The molecule has 18 heavy (non-hydrogen) atoms. The molecule has 6 nitrogen and oxygen atoms in total. The molecule has 0 bridgehead atoms. The maximum absolute atomic E-state index is 12.4. The topological polar surface area (TPSA) is 74.7 Å². The number of aryl methyl sites for hydroxylation is 1. The number of aliphatic hydroxyl groups is 1. The summed E-state index contributed by atoms with van der Waals surface area (Å²) in [6.45, 7) is 3.37. The molecule has 0 unspecified atom stereocenters. The summed E-state index contributed by atoms with van der Waals surface area (Å²) in [7, 11) is 1.77. The Labute approximate surface area is 110 Å². The van der Waals surface area contributed by atoms with E-state index in [2.05, 4.69) is 10.3 Å². The summed E-state index contributed by atoms with van der Waals surface area (Å²) in [5.41, 5.74) is 0.717. The van der Waals surface area contributed by atoms with Crippen LogP contribution < -0.4 is 5.32 Å². The molecular formula is C11H17N3O3S. The molecule has 0 spiro atoms. The minimum absolute atomic E-state index is 0.0870. The molecule has 2 N–H and O–H groups in total. The number of nitrogens with zero attached hydrogens (tertiary/aromatic N) is 2. The van der Waals surface area contributed by atoms with Crippen molar-refractivity contribution >= 4 is 22.4 Å². The van der Waals surface area contributed by atoms with E-state index in [0.29, 0.717) is 30.3 Å². The molecule has 2 heterocycles. The van der Waals surface area contributed by atoms with Gasteiger partial charge in [0.1, 0.15) is 4.88 Å². The molecule has 1 aromatic rings. The van der Waals surface area contributed by atoms with Crippen LogP contribution in [0.1, 0.15) is 15.4 Å². The third kappa shape index (κ3) is 2.80. The quantitative estimate of drug-likeness (QED) is 0.810. The number of ether oxygens (including phenoxy) is 1. The highest BCUT2D eigenvalue weighted by atomic mass is 32.1. The first kappa shape index (κ1) is 13.3. The molecule has 0 saturated carbocycles. The number of aromatic nitrogens is 1. The summed E-state index contributed by atoms with van der Waals surface area (Å²) in [4.78, 5) is 18.8. The SMILES string of the molecule is CNc1nc(C)c(C(=O)N2CCOC[C@@H](O)C2)s1. The lowest BCUT2D eigenvalue weighted by Gasteiger charge is -2.20. The van der Waals surface area contributed by atoms with E-state index in [1.807, 2.05) is 6.92 Å². The number of rotatable bonds is 2. The second kappa shape index (κ2) is 5.64. The lowest BCUT2D eigenvalue weighted by atomic mass is 10.3. The molecule has 0 aromatic carbocycles. The number of β-amino-alcohol motifs (C(OH)–C–C–N with tert-alkyl or cyclic N) is 1. The van der Waals surface area contributed by atoms with E-state index in [-0.39, 0.29) is 12.5 Å². The van der Waals surface area contributed by atoms with Crippen molar-refractivity contribution in [2.24, 2.45) is 0 Å². The number of hydrogen-bond donors (Lipinski definition) is 2. The van der Waals surface area contributed by atoms with Gasteiger partial charge in [0.05, 0.1) is 25.0 Å². The largest absolute Gasteiger partial charge is 0.389 e. The minimum Gasteiger partial charge on any atom is -0.389 e. The van der Waals surface area contributed by atoms with Gasteiger partial charge in [-0.05, 0) is 6.92 Å². The maximum Gasteiger partial charge on any atom is 0.266 e. The van der Waals surface area contributed by atoms with Crippen LogP contribution in [0.4, 0.5) is 5.13 Å². The first-order chi connectivity index (χ1) is 8.61. The fourth-order valence-electron chi connectivity index (χ4n) is 1.82. The highest BCUT2D eigenvalue weighted by Crippen LogP contribution is 2.23. The molecule has 1 saturated heterocycles. The van der Waals surface area contributed by atoms with Crippen LogP contribution in [-0.4, -0.2) is 60.4 Å². The molecule has 2 rings (SSSR count). The van der Waals surface area contributed by atoms with Crippen molar-refractivity contribution in [2.75, 3.05) is 38.7 Å². The van der Waals surface area contributed by atoms with Gasteiger partial charge in [-0.15, -0.1) is 0 Å². The van der Waals surface area contributed by atoms with Crippen LogP contribution in [0.3, 0.4) is 0 Å². The smallest absolute Gasteiger partial charge is 0.266 e. The van der Waals surface area contributed by atoms with E-state index < -0.39 is 6.10 Å². The van der Waals surface area contributed by atoms with Crippen LogP contribution >= 0.6 is 11.3 Å². The Morgan fingerprint density at radius 2 is 2.44 bits per heavy atom. The Kier molecular flexibility index (Phi) is 4.15. The van der Waals surface area contributed by atoms with Gasteiger partial charge in [-0.1, -0.05) is 11.3 Å². The Morgan fingerprint density at radius 3 is 3.11 bits per heavy atom. The van der Waals surface area contributed by atoms with E-state index in [9.17, 15) is 9.90 Å². The van der Waals surface area contributed by atoms with Gasteiger partial charge in [-0.2, -0.15) is 0 Å². The summed E-state index contributed by atoms with van der Waals surface area (Å²) in [6.07, 6.45) is -0.617. The highest BCUT2D eigenvalue weighted by molar-refractivity contribution is 7.17. The van der Waals surface area contributed by atoms with Gasteiger partial charge in [0.15, 0.2) is 5.13 Å². The summed E-state index contributed by atoms with van der Waals surface area (Å²) in [6, 6.07) is 0. The molecule has 0 aliphatic carbocycles. The van der Waals surface area contributed by atoms with E-state index in [1.165, 1.54) is 11.3 Å². The van der Waals surface area contributed by atoms with Crippen molar-refractivity contribution in [3.8, 4) is 0 Å². The van der Waals surface area contributed by atoms with Crippen molar-refractivity contribution in [3.63, 3.8) is 0 Å². The second-order valence-corrected chi connectivity index (χ2v) is 5.16. The molecular weight excluding hydrogens is 254 g/mol. The lowest BCUT2D eigenvalue weighted by molar-refractivity contribution is 0.0535. The Balaban J connectivity index is 2.16. The number of carbonyl (C=O) groups excluding carboxylic acids is 1. The van der Waals surface area contributed by atoms with Crippen LogP contribution in [-0.2, 0) is 4.74 Å². The molecule has 0 radical (unpaired) electrons. The van der Waals surface area contributed by atoms with Crippen molar-refractivity contribution in [1.82, 2.24) is 9.88 Å². The zero-order chi connectivity index (χ0) is 13.1. The fraction of sp³-hybridized carbons (Fsp3) is 0.636. The summed E-state index contributed by atoms with van der Waals surface area (Å²) < 4.78 is 5.21. The number of amides is 1. The van der Waals surface area contributed by atoms with E-state index in [0.717, 1.165) is 5.13 Å². The van der Waals surface area contributed by atoms with Crippen LogP contribution in [0.15, 0.2) is 0 Å². The highest BCUT2D eigenvalue weighted by Gasteiger charge is 2.25. The average Bonchev–Trinajstić information content (AvgIpc) is 2.59. The fourth-order valence-corrected chi connectivity index (χ4v) is 2.71. The molecule has 1 aliphatic rings. The van der Waals surface area contributed by atoms with Gasteiger partial charge in [0.25, 0.3) is 5.91 Å². The van der Waals surface area contributed by atoms with Gasteiger partial charge in [0, 0.05) is 20.1 Å². The molecule has 7 heteroatoms. The number of carbonyl (C=O) groups is 1. The number of aliphatic hydroxyl groups excluding tert-OH is 1. The average molecular weight is 271 g/mol. The first-order valence-electron chi connectivity index (χ1n) is 5.82. The van der Waals surface area contributed by atoms with Crippen LogP contribution in [0, 0.1) is 6.92 Å². The summed E-state index contributed by atoms with van der Waals surface area (Å²) in [5, 5.41) is 13.3. The van der Waals surface area contributed by atoms with Gasteiger partial charge < -0.3 is 20.1 Å². The standard InChI is InChI=1S/C11H17N3O3S/c1-7-9(18-11(12-2)13-7)10(16)14-3-4-17-6-8(15)5-14/h8,15H,3-6H2,1-2H3,(H,12,13)/t8-/m0/s1. The van der Waals surface area contributed by atoms with Gasteiger partial charge in [-0.3, -0.25) is 4.79 Å². The number of nitrogens with one attached hydrogen (secondary N) is 1. The summed E-state index contributed by atoms with van der Waals surface area (Å²) >= 11 is 1.33. The molecule has 1 atom stereocenters. The zero-order valence-electron chi connectivity index (χ0n) is 10.5. The van der Waals surface area contributed by atoms with Crippen molar-refractivity contribution < 1.29 is 14.6 Å². The zero-order valence-corrected chi connectivity index (χ0v) is 11.3. The molecule has 100 valence electrons. The predicted octanol–water partition coefficient (Wildman–Crippen LogP) is 0.327. The monoisotopic (exact) mass is 271 g/mol. The van der Waals surface area contributed by atoms with Crippen molar-refractivity contribution in [2.45, 2.75) is 13.0 Å². The van der Waals surface area contributed by atoms with Gasteiger partial charge >= 0.3 is 0 Å². The number of anilines is 1. The van der Waals surface area contributed by atoms with E-state index in [1.54, 1.807) is 11.9 Å². The Bertz CT molecular complexity index is 435. The van der Waals surface area contributed by atoms with Gasteiger partial charge in [-0.25, -0.2) is 4.98 Å². The van der Waals surface area contributed by atoms with Crippen molar-refractivity contribution in [3.05, 3.63) is 10.6 Å². The van der Waals surface area contributed by atoms with Crippen LogP contribution in [0.25, 0.3) is 0 Å². The third-order valence-electron chi connectivity index (χ3n) is 2.74. The molecule has 1 amide bonds. The number of thiazole rings is 1. The van der Waals surface area contributed by atoms with Gasteiger partial charge in [0.2, 0.25) is 0 Å². The first-order valence-corrected chi connectivity index (χ1v) is 6.63. The maximum atomic E-state index is 12.4. The molecule has 1 fully saturated rings. The third-order valence-corrected chi connectivity index (χ3v) is 3.90. The van der Waals surface area contributed by atoms with Crippen LogP contribution in [0.5, 0.6) is 0 Å². The molecule has 1 aromatic heterocycles. The molecule has 1 aliphatic heterocycles. The lowest BCUT2D eigenvalue weighted by Crippen LogP contribution is -2.37.